The maximum atomic E-state index is 12.0. The maximum absolute atomic E-state index is 12.0. The molecule has 0 aliphatic carbocycles. The molecular formula is C18H19ClO. The summed E-state index contributed by atoms with van der Waals surface area (Å²) in [4.78, 5) is 12.0. The first kappa shape index (κ1) is 14.8. The lowest BCUT2D eigenvalue weighted by Gasteiger charge is -2.04. The van der Waals surface area contributed by atoms with Gasteiger partial charge in [0.15, 0.2) is 5.78 Å². The first-order valence-electron chi connectivity index (χ1n) is 7.10. The van der Waals surface area contributed by atoms with Gasteiger partial charge in [0.25, 0.3) is 0 Å². The lowest BCUT2D eigenvalue weighted by Crippen LogP contribution is -1.98. The highest BCUT2D eigenvalue weighted by Gasteiger charge is 2.05. The third-order valence-corrected chi connectivity index (χ3v) is 3.64. The molecule has 0 fully saturated rings. The highest BCUT2D eigenvalue weighted by atomic mass is 35.5. The predicted octanol–water partition coefficient (Wildman–Crippen LogP) is 5.77. The quantitative estimate of drug-likeness (QED) is 0.486. The van der Waals surface area contributed by atoms with Crippen molar-refractivity contribution in [3.8, 4) is 11.1 Å². The van der Waals surface area contributed by atoms with Gasteiger partial charge in [-0.15, -0.1) is 0 Å². The van der Waals surface area contributed by atoms with E-state index in [4.69, 9.17) is 11.6 Å². The van der Waals surface area contributed by atoms with Gasteiger partial charge in [0.1, 0.15) is 0 Å². The van der Waals surface area contributed by atoms with E-state index in [1.165, 1.54) is 0 Å². The SMILES string of the molecule is CCCCCC(=O)c1ccc(-c2ccc(Cl)cc2)cc1. The van der Waals surface area contributed by atoms with Crippen molar-refractivity contribution in [3.63, 3.8) is 0 Å². The highest BCUT2D eigenvalue weighted by molar-refractivity contribution is 6.30. The largest absolute Gasteiger partial charge is 0.294 e. The second-order valence-corrected chi connectivity index (χ2v) is 5.40. The molecule has 0 spiro atoms. The molecule has 2 aromatic rings. The molecule has 2 rings (SSSR count). The van der Waals surface area contributed by atoms with Crippen molar-refractivity contribution in [2.45, 2.75) is 32.6 Å². The van der Waals surface area contributed by atoms with E-state index in [0.717, 1.165) is 41.0 Å². The number of ketones is 1. The molecule has 0 aliphatic heterocycles. The Morgan fingerprint density at radius 2 is 1.45 bits per heavy atom. The normalized spacial score (nSPS) is 10.5. The molecule has 0 N–H and O–H groups in total. The number of carbonyl (C=O) groups excluding carboxylic acids is 1. The monoisotopic (exact) mass is 286 g/mol. The van der Waals surface area contributed by atoms with Gasteiger partial charge in [0.2, 0.25) is 0 Å². The number of carbonyl (C=O) groups is 1. The van der Waals surface area contributed by atoms with Crippen molar-refractivity contribution in [3.05, 3.63) is 59.1 Å². The maximum Gasteiger partial charge on any atom is 0.162 e. The Balaban J connectivity index is 2.06. The number of Topliss-reactive ketones (excluding diaryl/α,β-unsaturated/α-hetero) is 1. The molecular weight excluding hydrogens is 268 g/mol. The Morgan fingerprint density at radius 1 is 0.900 bits per heavy atom. The molecule has 20 heavy (non-hydrogen) atoms. The minimum Gasteiger partial charge on any atom is -0.294 e. The molecule has 104 valence electrons. The van der Waals surface area contributed by atoms with Crippen LogP contribution >= 0.6 is 11.6 Å². The van der Waals surface area contributed by atoms with E-state index in [9.17, 15) is 4.79 Å². The highest BCUT2D eigenvalue weighted by Crippen LogP contribution is 2.22. The van der Waals surface area contributed by atoms with Gasteiger partial charge in [-0.3, -0.25) is 4.79 Å². The van der Waals surface area contributed by atoms with Crippen LogP contribution in [0.25, 0.3) is 11.1 Å². The first-order chi connectivity index (χ1) is 9.70. The van der Waals surface area contributed by atoms with E-state index < -0.39 is 0 Å². The summed E-state index contributed by atoms with van der Waals surface area (Å²) in [6.45, 7) is 2.14. The smallest absolute Gasteiger partial charge is 0.162 e. The Bertz CT molecular complexity index is 555. The summed E-state index contributed by atoms with van der Waals surface area (Å²) in [6, 6.07) is 15.5. The summed E-state index contributed by atoms with van der Waals surface area (Å²) in [5, 5.41) is 0.733. The van der Waals surface area contributed by atoms with Gasteiger partial charge in [0.05, 0.1) is 0 Å². The molecule has 1 nitrogen and oxygen atoms in total. The van der Waals surface area contributed by atoms with Gasteiger partial charge in [-0.2, -0.15) is 0 Å². The molecule has 2 heteroatoms. The van der Waals surface area contributed by atoms with Gasteiger partial charge >= 0.3 is 0 Å². The van der Waals surface area contributed by atoms with Crippen LogP contribution in [0.2, 0.25) is 5.02 Å². The molecule has 0 heterocycles. The van der Waals surface area contributed by atoms with E-state index in [1.54, 1.807) is 0 Å². The number of hydrogen-bond donors (Lipinski definition) is 0. The van der Waals surface area contributed by atoms with Crippen molar-refractivity contribution in [2.24, 2.45) is 0 Å². The van der Waals surface area contributed by atoms with Crippen molar-refractivity contribution >= 4 is 17.4 Å². The lowest BCUT2D eigenvalue weighted by atomic mass is 10.0. The van der Waals surface area contributed by atoms with Gasteiger partial charge in [-0.25, -0.2) is 0 Å². The van der Waals surface area contributed by atoms with E-state index in [1.807, 2.05) is 48.5 Å². The zero-order valence-corrected chi connectivity index (χ0v) is 12.5. The summed E-state index contributed by atoms with van der Waals surface area (Å²) in [7, 11) is 0. The zero-order valence-electron chi connectivity index (χ0n) is 11.7. The molecule has 0 radical (unpaired) electrons. The minimum absolute atomic E-state index is 0.237. The summed E-state index contributed by atoms with van der Waals surface area (Å²) in [6.07, 6.45) is 3.89. The Labute approximate surface area is 125 Å². The summed E-state index contributed by atoms with van der Waals surface area (Å²) in [5.74, 6) is 0.237. The first-order valence-corrected chi connectivity index (χ1v) is 7.47. The summed E-state index contributed by atoms with van der Waals surface area (Å²) in [5.41, 5.74) is 3.02. The molecule has 2 aromatic carbocycles. The van der Waals surface area contributed by atoms with Crippen LogP contribution in [-0.4, -0.2) is 5.78 Å². The van der Waals surface area contributed by atoms with Crippen LogP contribution in [0.15, 0.2) is 48.5 Å². The molecule has 0 atom stereocenters. The molecule has 0 saturated heterocycles. The van der Waals surface area contributed by atoms with Crippen LogP contribution in [0.1, 0.15) is 43.0 Å². The fourth-order valence-electron chi connectivity index (χ4n) is 2.17. The predicted molar refractivity (Wildman–Crippen MR) is 85.4 cm³/mol. The van der Waals surface area contributed by atoms with Gasteiger partial charge in [0, 0.05) is 17.0 Å². The molecule has 0 amide bonds. The van der Waals surface area contributed by atoms with E-state index in [2.05, 4.69) is 6.92 Å². The van der Waals surface area contributed by atoms with Crippen LogP contribution in [0.4, 0.5) is 0 Å². The summed E-state index contributed by atoms with van der Waals surface area (Å²) < 4.78 is 0. The number of unbranched alkanes of at least 4 members (excludes halogenated alkanes) is 2. The second kappa shape index (κ2) is 7.25. The molecule has 0 unspecified atom stereocenters. The molecule has 0 saturated carbocycles. The van der Waals surface area contributed by atoms with Crippen molar-refractivity contribution in [1.82, 2.24) is 0 Å². The Morgan fingerprint density at radius 3 is 2.00 bits per heavy atom. The number of rotatable bonds is 6. The topological polar surface area (TPSA) is 17.1 Å². The van der Waals surface area contributed by atoms with Crippen LogP contribution in [-0.2, 0) is 0 Å². The number of benzene rings is 2. The average molecular weight is 287 g/mol. The standard InChI is InChI=1S/C18H19ClO/c1-2-3-4-5-18(20)16-8-6-14(7-9-16)15-10-12-17(19)13-11-15/h6-13H,2-5H2,1H3. The second-order valence-electron chi connectivity index (χ2n) is 4.96. The van der Waals surface area contributed by atoms with Crippen molar-refractivity contribution < 1.29 is 4.79 Å². The number of halogens is 1. The van der Waals surface area contributed by atoms with Crippen LogP contribution in [0.5, 0.6) is 0 Å². The van der Waals surface area contributed by atoms with Crippen LogP contribution in [0.3, 0.4) is 0 Å². The Hall–Kier alpha value is -1.60. The fraction of sp³-hybridized carbons (Fsp3) is 0.278. The summed E-state index contributed by atoms with van der Waals surface area (Å²) >= 11 is 5.88. The van der Waals surface area contributed by atoms with Crippen molar-refractivity contribution in [1.29, 1.82) is 0 Å². The lowest BCUT2D eigenvalue weighted by molar-refractivity contribution is 0.0979. The third kappa shape index (κ3) is 3.94. The van der Waals surface area contributed by atoms with Gasteiger partial charge in [-0.1, -0.05) is 67.8 Å². The van der Waals surface area contributed by atoms with Gasteiger partial charge < -0.3 is 0 Å². The van der Waals surface area contributed by atoms with E-state index in [0.29, 0.717) is 6.42 Å². The van der Waals surface area contributed by atoms with Crippen LogP contribution in [0, 0.1) is 0 Å². The van der Waals surface area contributed by atoms with E-state index >= 15 is 0 Å². The Kier molecular flexibility index (Phi) is 5.37. The van der Waals surface area contributed by atoms with E-state index in [-0.39, 0.29) is 5.78 Å². The average Bonchev–Trinajstić information content (AvgIpc) is 2.48. The van der Waals surface area contributed by atoms with Crippen LogP contribution < -0.4 is 0 Å². The third-order valence-electron chi connectivity index (χ3n) is 3.39. The molecule has 0 bridgehead atoms. The number of hydrogen-bond acceptors (Lipinski definition) is 1. The molecule has 0 aromatic heterocycles. The minimum atomic E-state index is 0.237. The fourth-order valence-corrected chi connectivity index (χ4v) is 2.30. The zero-order chi connectivity index (χ0) is 14.4. The van der Waals surface area contributed by atoms with Gasteiger partial charge in [-0.05, 0) is 29.7 Å². The van der Waals surface area contributed by atoms with Crippen molar-refractivity contribution in [2.75, 3.05) is 0 Å². The molecule has 0 aliphatic rings.